The molecule has 4 nitrogen and oxygen atoms in total. The average molecular weight is 275 g/mol. The molecule has 0 aliphatic carbocycles. The summed E-state index contributed by atoms with van der Waals surface area (Å²) in [5.74, 6) is 2.49. The largest absolute Gasteiger partial charge is 0.437 e. The molecule has 2 aromatic rings. The van der Waals surface area contributed by atoms with Gasteiger partial charge in [-0.15, -0.1) is 11.8 Å². The Labute approximate surface area is 117 Å². The molecular formula is C14H17N3OS. The quantitative estimate of drug-likeness (QED) is 0.866. The van der Waals surface area contributed by atoms with Crippen LogP contribution in [0.4, 0.5) is 5.82 Å². The van der Waals surface area contributed by atoms with Gasteiger partial charge in [-0.1, -0.05) is 19.1 Å². The summed E-state index contributed by atoms with van der Waals surface area (Å²) in [6.45, 7) is 3.86. The van der Waals surface area contributed by atoms with Gasteiger partial charge in [-0.05, 0) is 25.3 Å². The molecule has 0 radical (unpaired) electrons. The fourth-order valence-electron chi connectivity index (χ4n) is 1.62. The lowest BCUT2D eigenvalue weighted by Crippen LogP contribution is -2.04. The van der Waals surface area contributed by atoms with Crippen LogP contribution in [0.1, 0.15) is 18.3 Å². The normalized spacial score (nSPS) is 10.5. The molecule has 0 bridgehead atoms. The first kappa shape index (κ1) is 13.7. The van der Waals surface area contributed by atoms with E-state index in [1.807, 2.05) is 44.4 Å². The van der Waals surface area contributed by atoms with Gasteiger partial charge in [-0.3, -0.25) is 0 Å². The number of hydrogen-bond acceptors (Lipinski definition) is 5. The second kappa shape index (κ2) is 5.93. The standard InChI is InChI=1S/C14H17N3OS/c1-4-12-16-13(15)9(2)14(17-12)18-10-7-5-6-8-11(10)19-3/h5-8H,4H2,1-3H3,(H2,15,16,17). The van der Waals surface area contributed by atoms with Gasteiger partial charge >= 0.3 is 0 Å². The first-order chi connectivity index (χ1) is 9.15. The fourth-order valence-corrected chi connectivity index (χ4v) is 2.15. The van der Waals surface area contributed by atoms with Gasteiger partial charge in [0.1, 0.15) is 17.4 Å². The summed E-state index contributed by atoms with van der Waals surface area (Å²) in [7, 11) is 0. The van der Waals surface area contributed by atoms with E-state index in [0.29, 0.717) is 17.5 Å². The SMILES string of the molecule is CCc1nc(N)c(C)c(Oc2ccccc2SC)n1. The predicted molar refractivity (Wildman–Crippen MR) is 78.9 cm³/mol. The van der Waals surface area contributed by atoms with Gasteiger partial charge in [0.15, 0.2) is 0 Å². The molecule has 0 fully saturated rings. The maximum Gasteiger partial charge on any atom is 0.227 e. The topological polar surface area (TPSA) is 61.0 Å². The molecule has 0 aliphatic heterocycles. The van der Waals surface area contributed by atoms with Crippen molar-refractivity contribution in [3.8, 4) is 11.6 Å². The number of para-hydroxylation sites is 1. The summed E-state index contributed by atoms with van der Waals surface area (Å²) in [5.41, 5.74) is 6.66. The Bertz CT molecular complexity index is 587. The van der Waals surface area contributed by atoms with Crippen molar-refractivity contribution in [1.29, 1.82) is 0 Å². The van der Waals surface area contributed by atoms with Crippen molar-refractivity contribution in [1.82, 2.24) is 9.97 Å². The average Bonchev–Trinajstić information content (AvgIpc) is 2.44. The monoisotopic (exact) mass is 275 g/mol. The van der Waals surface area contributed by atoms with Crippen LogP contribution in [-0.2, 0) is 6.42 Å². The number of nitrogen functional groups attached to an aromatic ring is 1. The van der Waals surface area contributed by atoms with Gasteiger partial charge < -0.3 is 10.5 Å². The molecule has 2 N–H and O–H groups in total. The van der Waals surface area contributed by atoms with Crippen molar-refractivity contribution in [2.45, 2.75) is 25.2 Å². The van der Waals surface area contributed by atoms with Gasteiger partial charge in [-0.25, -0.2) is 4.98 Å². The number of aromatic nitrogens is 2. The summed E-state index contributed by atoms with van der Waals surface area (Å²) >= 11 is 1.64. The molecular weight excluding hydrogens is 258 g/mol. The van der Waals surface area contributed by atoms with Crippen molar-refractivity contribution in [2.24, 2.45) is 0 Å². The molecule has 0 atom stereocenters. The highest BCUT2D eigenvalue weighted by molar-refractivity contribution is 7.98. The van der Waals surface area contributed by atoms with Crippen molar-refractivity contribution in [2.75, 3.05) is 12.0 Å². The van der Waals surface area contributed by atoms with Crippen molar-refractivity contribution in [3.63, 3.8) is 0 Å². The highest BCUT2D eigenvalue weighted by Crippen LogP contribution is 2.32. The fraction of sp³-hybridized carbons (Fsp3) is 0.286. The molecule has 0 spiro atoms. The summed E-state index contributed by atoms with van der Waals surface area (Å²) < 4.78 is 5.90. The second-order valence-corrected chi connectivity index (χ2v) is 4.91. The number of benzene rings is 1. The number of hydrogen-bond donors (Lipinski definition) is 1. The zero-order valence-corrected chi connectivity index (χ0v) is 12.1. The Morgan fingerprint density at radius 1 is 1.26 bits per heavy atom. The molecule has 0 amide bonds. The van der Waals surface area contributed by atoms with Crippen LogP contribution in [0.3, 0.4) is 0 Å². The van der Waals surface area contributed by atoms with Crippen LogP contribution in [0, 0.1) is 6.92 Å². The minimum atomic E-state index is 0.475. The molecule has 0 aliphatic rings. The van der Waals surface area contributed by atoms with E-state index in [1.165, 1.54) is 0 Å². The molecule has 19 heavy (non-hydrogen) atoms. The number of nitrogens with zero attached hydrogens (tertiary/aromatic N) is 2. The Balaban J connectivity index is 2.40. The molecule has 1 aromatic carbocycles. The minimum absolute atomic E-state index is 0.475. The van der Waals surface area contributed by atoms with E-state index in [0.717, 1.165) is 22.6 Å². The van der Waals surface area contributed by atoms with Crippen molar-refractivity contribution < 1.29 is 4.74 Å². The highest BCUT2D eigenvalue weighted by atomic mass is 32.2. The third kappa shape index (κ3) is 2.98. The smallest absolute Gasteiger partial charge is 0.227 e. The van der Waals surface area contributed by atoms with Crippen LogP contribution in [0.5, 0.6) is 11.6 Å². The van der Waals surface area contributed by atoms with Crippen LogP contribution < -0.4 is 10.5 Å². The van der Waals surface area contributed by atoms with Gasteiger partial charge in [0, 0.05) is 11.3 Å². The molecule has 5 heteroatoms. The van der Waals surface area contributed by atoms with E-state index in [4.69, 9.17) is 10.5 Å². The van der Waals surface area contributed by atoms with Crippen LogP contribution in [0.15, 0.2) is 29.2 Å². The zero-order chi connectivity index (χ0) is 13.8. The van der Waals surface area contributed by atoms with Gasteiger partial charge in [-0.2, -0.15) is 4.98 Å². The maximum atomic E-state index is 5.90. The maximum absolute atomic E-state index is 5.90. The lowest BCUT2D eigenvalue weighted by atomic mass is 10.3. The molecule has 100 valence electrons. The number of rotatable bonds is 4. The Morgan fingerprint density at radius 3 is 2.68 bits per heavy atom. The van der Waals surface area contributed by atoms with Gasteiger partial charge in [0.05, 0.1) is 5.56 Å². The lowest BCUT2D eigenvalue weighted by molar-refractivity contribution is 0.445. The molecule has 1 heterocycles. The third-order valence-corrected chi connectivity index (χ3v) is 3.55. The minimum Gasteiger partial charge on any atom is -0.437 e. The number of nitrogens with two attached hydrogens (primary N) is 1. The molecule has 1 aromatic heterocycles. The van der Waals surface area contributed by atoms with E-state index in [2.05, 4.69) is 9.97 Å². The van der Waals surface area contributed by atoms with E-state index in [-0.39, 0.29) is 0 Å². The first-order valence-electron chi connectivity index (χ1n) is 6.09. The summed E-state index contributed by atoms with van der Waals surface area (Å²) in [4.78, 5) is 9.68. The van der Waals surface area contributed by atoms with Crippen LogP contribution in [-0.4, -0.2) is 16.2 Å². The summed E-state index contributed by atoms with van der Waals surface area (Å²) in [5, 5.41) is 0. The second-order valence-electron chi connectivity index (χ2n) is 4.06. The third-order valence-electron chi connectivity index (χ3n) is 2.78. The Hall–Kier alpha value is -1.75. The van der Waals surface area contributed by atoms with E-state index >= 15 is 0 Å². The first-order valence-corrected chi connectivity index (χ1v) is 7.32. The van der Waals surface area contributed by atoms with Crippen LogP contribution >= 0.6 is 11.8 Å². The highest BCUT2D eigenvalue weighted by Gasteiger charge is 2.11. The summed E-state index contributed by atoms with van der Waals surface area (Å²) in [6, 6.07) is 7.86. The van der Waals surface area contributed by atoms with Crippen LogP contribution in [0.2, 0.25) is 0 Å². The molecule has 0 unspecified atom stereocenters. The Morgan fingerprint density at radius 2 is 2.00 bits per heavy atom. The number of thioether (sulfide) groups is 1. The molecule has 2 rings (SSSR count). The van der Waals surface area contributed by atoms with Crippen molar-refractivity contribution >= 4 is 17.6 Å². The van der Waals surface area contributed by atoms with E-state index in [9.17, 15) is 0 Å². The predicted octanol–water partition coefficient (Wildman–Crippen LogP) is 3.44. The molecule has 0 saturated heterocycles. The number of anilines is 1. The van der Waals surface area contributed by atoms with Gasteiger partial charge in [0.25, 0.3) is 0 Å². The van der Waals surface area contributed by atoms with E-state index in [1.54, 1.807) is 11.8 Å². The van der Waals surface area contributed by atoms with Crippen molar-refractivity contribution in [3.05, 3.63) is 35.7 Å². The number of aryl methyl sites for hydroxylation is 1. The van der Waals surface area contributed by atoms with E-state index < -0.39 is 0 Å². The summed E-state index contributed by atoms with van der Waals surface area (Å²) in [6.07, 6.45) is 2.74. The molecule has 0 saturated carbocycles. The zero-order valence-electron chi connectivity index (χ0n) is 11.3. The number of ether oxygens (including phenoxy) is 1. The van der Waals surface area contributed by atoms with Gasteiger partial charge in [0.2, 0.25) is 5.88 Å². The Kier molecular flexibility index (Phi) is 4.27. The van der Waals surface area contributed by atoms with Crippen LogP contribution in [0.25, 0.3) is 0 Å². The lowest BCUT2D eigenvalue weighted by Gasteiger charge is -2.12.